The van der Waals surface area contributed by atoms with Crippen LogP contribution in [-0.4, -0.2) is 12.6 Å². The summed E-state index contributed by atoms with van der Waals surface area (Å²) in [5, 5.41) is 0. The highest BCUT2D eigenvalue weighted by atomic mass is 16.5. The number of carbonyl (C=O) groups is 1. The Morgan fingerprint density at radius 1 is 0.970 bits per heavy atom. The second-order valence-corrected chi connectivity index (χ2v) is 8.79. The van der Waals surface area contributed by atoms with E-state index < -0.39 is 0 Å². The van der Waals surface area contributed by atoms with E-state index in [1.54, 1.807) is 0 Å². The molecule has 33 heavy (non-hydrogen) atoms. The summed E-state index contributed by atoms with van der Waals surface area (Å²) in [6.07, 6.45) is 26.6. The number of rotatable bonds is 16. The lowest BCUT2D eigenvalue weighted by Gasteiger charge is -2.09. The van der Waals surface area contributed by atoms with Gasteiger partial charge in [-0.1, -0.05) is 88.1 Å². The first-order valence-electron chi connectivity index (χ1n) is 12.8. The standard InChI is InChI=1S/C30H42O3/c1-3-4-5-6-7-8-9-10-11-12-13-14-15-16-17-18-30(31)33-25-27-20-22-29-28(23-27)21-19-26(2)24-32-29/h7-8,10-11,19-23H,2-6,9,12-18,24-25H2,1H3. The zero-order valence-corrected chi connectivity index (χ0v) is 20.5. The fourth-order valence-electron chi connectivity index (χ4n) is 3.69. The normalized spacial score (nSPS) is 13.3. The Kier molecular flexibility index (Phi) is 13.8. The van der Waals surface area contributed by atoms with Crippen molar-refractivity contribution in [2.45, 2.75) is 90.6 Å². The van der Waals surface area contributed by atoms with E-state index in [9.17, 15) is 4.79 Å². The predicted molar refractivity (Wildman–Crippen MR) is 139 cm³/mol. The molecule has 0 amide bonds. The lowest BCUT2D eigenvalue weighted by Crippen LogP contribution is -2.04. The van der Waals surface area contributed by atoms with Crippen molar-refractivity contribution in [2.24, 2.45) is 0 Å². The number of hydrogen-bond donors (Lipinski definition) is 0. The van der Waals surface area contributed by atoms with E-state index >= 15 is 0 Å². The van der Waals surface area contributed by atoms with Gasteiger partial charge >= 0.3 is 5.97 Å². The molecule has 3 nitrogen and oxygen atoms in total. The minimum atomic E-state index is -0.115. The molecular formula is C30H42O3. The van der Waals surface area contributed by atoms with E-state index in [1.165, 1.54) is 44.9 Å². The predicted octanol–water partition coefficient (Wildman–Crippen LogP) is 8.51. The van der Waals surface area contributed by atoms with Gasteiger partial charge in [-0.25, -0.2) is 0 Å². The van der Waals surface area contributed by atoms with Crippen molar-refractivity contribution in [3.05, 3.63) is 71.9 Å². The van der Waals surface area contributed by atoms with Gasteiger partial charge in [0.05, 0.1) is 0 Å². The Morgan fingerprint density at radius 2 is 1.70 bits per heavy atom. The molecule has 2 rings (SSSR count). The van der Waals surface area contributed by atoms with Crippen LogP contribution in [0.5, 0.6) is 5.75 Å². The number of allylic oxidation sites excluding steroid dienone is 4. The minimum absolute atomic E-state index is 0.115. The van der Waals surface area contributed by atoms with Gasteiger partial charge in [0, 0.05) is 12.0 Å². The molecule has 1 aromatic rings. The monoisotopic (exact) mass is 450 g/mol. The molecule has 0 atom stereocenters. The molecule has 1 heterocycles. The molecule has 1 aromatic carbocycles. The van der Waals surface area contributed by atoms with Crippen LogP contribution in [0, 0.1) is 0 Å². The zero-order chi connectivity index (χ0) is 23.6. The third kappa shape index (κ3) is 12.3. The largest absolute Gasteiger partial charge is 0.488 e. The third-order valence-electron chi connectivity index (χ3n) is 5.72. The number of hydrogen-bond acceptors (Lipinski definition) is 3. The molecule has 0 fully saturated rings. The average molecular weight is 451 g/mol. The van der Waals surface area contributed by atoms with E-state index in [2.05, 4.69) is 37.8 Å². The summed E-state index contributed by atoms with van der Waals surface area (Å²) in [6.45, 7) is 6.99. The molecular weight excluding hydrogens is 408 g/mol. The lowest BCUT2D eigenvalue weighted by molar-refractivity contribution is -0.145. The molecule has 0 aromatic heterocycles. The van der Waals surface area contributed by atoms with Crippen molar-refractivity contribution in [2.75, 3.05) is 6.61 Å². The van der Waals surface area contributed by atoms with Crippen molar-refractivity contribution in [3.63, 3.8) is 0 Å². The summed E-state index contributed by atoms with van der Waals surface area (Å²) in [7, 11) is 0. The molecule has 1 aliphatic heterocycles. The summed E-state index contributed by atoms with van der Waals surface area (Å²) in [6, 6.07) is 5.89. The van der Waals surface area contributed by atoms with Crippen LogP contribution in [0.3, 0.4) is 0 Å². The van der Waals surface area contributed by atoms with Gasteiger partial charge in [0.25, 0.3) is 0 Å². The molecule has 0 saturated heterocycles. The van der Waals surface area contributed by atoms with E-state index in [-0.39, 0.29) is 5.97 Å². The number of carbonyl (C=O) groups excluding carboxylic acids is 1. The highest BCUT2D eigenvalue weighted by molar-refractivity contribution is 5.69. The van der Waals surface area contributed by atoms with Crippen LogP contribution in [0.1, 0.15) is 95.1 Å². The number of benzene rings is 1. The zero-order valence-electron chi connectivity index (χ0n) is 20.5. The quantitative estimate of drug-likeness (QED) is 0.144. The maximum atomic E-state index is 12.0. The minimum Gasteiger partial charge on any atom is -0.488 e. The van der Waals surface area contributed by atoms with E-state index in [1.807, 2.05) is 30.4 Å². The first-order chi connectivity index (χ1) is 16.2. The summed E-state index contributed by atoms with van der Waals surface area (Å²) in [5.41, 5.74) is 2.91. The number of esters is 1. The molecule has 0 saturated carbocycles. The third-order valence-corrected chi connectivity index (χ3v) is 5.72. The second kappa shape index (κ2) is 17.0. The number of fused-ring (bicyclic) bond motifs is 1. The van der Waals surface area contributed by atoms with Gasteiger partial charge in [-0.15, -0.1) is 0 Å². The van der Waals surface area contributed by atoms with Crippen LogP contribution >= 0.6 is 0 Å². The molecule has 3 heteroatoms. The van der Waals surface area contributed by atoms with Crippen molar-refractivity contribution in [3.8, 4) is 5.75 Å². The van der Waals surface area contributed by atoms with Gasteiger partial charge in [-0.3, -0.25) is 4.79 Å². The van der Waals surface area contributed by atoms with Gasteiger partial charge in [-0.05, 0) is 61.8 Å². The van der Waals surface area contributed by atoms with Gasteiger partial charge in [0.15, 0.2) is 0 Å². The SMILES string of the molecule is C=C1C=Cc2cc(COC(=O)CCCCCCCC=CCC=CCCCCC)ccc2OC1. The van der Waals surface area contributed by atoms with Crippen molar-refractivity contribution >= 4 is 12.0 Å². The van der Waals surface area contributed by atoms with Crippen LogP contribution in [0.25, 0.3) is 6.08 Å². The molecule has 0 aliphatic carbocycles. The topological polar surface area (TPSA) is 35.5 Å². The maximum Gasteiger partial charge on any atom is 0.306 e. The molecule has 180 valence electrons. The number of ether oxygens (including phenoxy) is 2. The highest BCUT2D eigenvalue weighted by Crippen LogP contribution is 2.25. The molecule has 1 aliphatic rings. The van der Waals surface area contributed by atoms with Crippen LogP contribution < -0.4 is 4.74 Å². The second-order valence-electron chi connectivity index (χ2n) is 8.79. The van der Waals surface area contributed by atoms with Crippen molar-refractivity contribution < 1.29 is 14.3 Å². The summed E-state index contributed by atoms with van der Waals surface area (Å²) < 4.78 is 11.2. The van der Waals surface area contributed by atoms with E-state index in [0.29, 0.717) is 19.6 Å². The van der Waals surface area contributed by atoms with Gasteiger partial charge in [-0.2, -0.15) is 0 Å². The summed E-state index contributed by atoms with van der Waals surface area (Å²) in [5.74, 6) is 0.723. The fraction of sp³-hybridized carbons (Fsp3) is 0.500. The van der Waals surface area contributed by atoms with Crippen LogP contribution in [0.2, 0.25) is 0 Å². The van der Waals surface area contributed by atoms with Gasteiger partial charge in [0.1, 0.15) is 19.0 Å². The Bertz CT molecular complexity index is 801. The molecule has 0 spiro atoms. The Hall–Kier alpha value is -2.55. The smallest absolute Gasteiger partial charge is 0.306 e. The summed E-state index contributed by atoms with van der Waals surface area (Å²) >= 11 is 0. The van der Waals surface area contributed by atoms with Crippen LogP contribution in [0.4, 0.5) is 0 Å². The fourth-order valence-corrected chi connectivity index (χ4v) is 3.69. The van der Waals surface area contributed by atoms with Crippen molar-refractivity contribution in [1.82, 2.24) is 0 Å². The highest BCUT2D eigenvalue weighted by Gasteiger charge is 2.09. The first-order valence-corrected chi connectivity index (χ1v) is 12.8. The van der Waals surface area contributed by atoms with Crippen LogP contribution in [-0.2, 0) is 16.1 Å². The molecule has 0 unspecified atom stereocenters. The lowest BCUT2D eigenvalue weighted by atomic mass is 10.1. The first kappa shape index (κ1) is 26.7. The maximum absolute atomic E-state index is 12.0. The Morgan fingerprint density at radius 3 is 2.48 bits per heavy atom. The van der Waals surface area contributed by atoms with E-state index in [4.69, 9.17) is 9.47 Å². The van der Waals surface area contributed by atoms with E-state index in [0.717, 1.165) is 48.1 Å². The number of unbranched alkanes of at least 4 members (excludes halogenated alkanes) is 8. The molecule has 0 radical (unpaired) electrons. The van der Waals surface area contributed by atoms with Crippen LogP contribution in [0.15, 0.2) is 60.7 Å². The Labute approximate surface area is 201 Å². The van der Waals surface area contributed by atoms with Crippen molar-refractivity contribution in [1.29, 1.82) is 0 Å². The average Bonchev–Trinajstić information content (AvgIpc) is 3.01. The summed E-state index contributed by atoms with van der Waals surface area (Å²) in [4.78, 5) is 12.0. The Balaban J connectivity index is 1.47. The molecule has 0 bridgehead atoms. The molecule has 0 N–H and O–H groups in total. The van der Waals surface area contributed by atoms with Gasteiger partial charge < -0.3 is 9.47 Å². The van der Waals surface area contributed by atoms with Gasteiger partial charge in [0.2, 0.25) is 0 Å².